The first kappa shape index (κ1) is 13.2. The SMILES string of the molecule is CCC1(C(Br)c2ccc3c(c2)CC(=O)N3)CCCC1. The van der Waals surface area contributed by atoms with Crippen molar-refractivity contribution >= 4 is 27.5 Å². The summed E-state index contributed by atoms with van der Waals surface area (Å²) in [7, 11) is 0. The molecule has 1 N–H and O–H groups in total. The molecule has 102 valence electrons. The van der Waals surface area contributed by atoms with Gasteiger partial charge in [0.15, 0.2) is 0 Å². The number of rotatable bonds is 3. The smallest absolute Gasteiger partial charge is 0.228 e. The molecule has 0 saturated heterocycles. The Bertz CT molecular complexity index is 505. The summed E-state index contributed by atoms with van der Waals surface area (Å²) in [5.74, 6) is 0.115. The van der Waals surface area contributed by atoms with Gasteiger partial charge in [-0.25, -0.2) is 0 Å². The fourth-order valence-corrected chi connectivity index (χ4v) is 4.69. The second-order valence-corrected chi connectivity index (χ2v) is 6.84. The van der Waals surface area contributed by atoms with E-state index in [1.807, 2.05) is 0 Å². The van der Waals surface area contributed by atoms with E-state index in [9.17, 15) is 4.79 Å². The molecule has 2 nitrogen and oxygen atoms in total. The highest BCUT2D eigenvalue weighted by molar-refractivity contribution is 9.09. The minimum atomic E-state index is 0.115. The summed E-state index contributed by atoms with van der Waals surface area (Å²) < 4.78 is 0. The van der Waals surface area contributed by atoms with Crippen molar-refractivity contribution in [2.45, 2.75) is 50.3 Å². The maximum Gasteiger partial charge on any atom is 0.228 e. The Balaban J connectivity index is 1.90. The number of hydrogen-bond donors (Lipinski definition) is 1. The highest BCUT2D eigenvalue weighted by Crippen LogP contribution is 2.54. The van der Waals surface area contributed by atoms with Crippen LogP contribution in [0.15, 0.2) is 18.2 Å². The zero-order valence-corrected chi connectivity index (χ0v) is 12.9. The number of carbonyl (C=O) groups excluding carboxylic acids is 1. The Morgan fingerprint density at radius 3 is 2.79 bits per heavy atom. The van der Waals surface area contributed by atoms with Crippen LogP contribution in [0.25, 0.3) is 0 Å². The summed E-state index contributed by atoms with van der Waals surface area (Å²) in [6.07, 6.45) is 7.07. The second-order valence-electron chi connectivity index (χ2n) is 5.93. The average Bonchev–Trinajstić information content (AvgIpc) is 3.02. The topological polar surface area (TPSA) is 29.1 Å². The predicted octanol–water partition coefficient (Wildman–Crippen LogP) is 4.59. The molecule has 1 heterocycles. The van der Waals surface area contributed by atoms with Crippen LogP contribution < -0.4 is 5.32 Å². The van der Waals surface area contributed by atoms with Crippen LogP contribution in [0.1, 0.15) is 55.0 Å². The lowest BCUT2D eigenvalue weighted by molar-refractivity contribution is -0.115. The van der Waals surface area contributed by atoms with Crippen LogP contribution in [0.4, 0.5) is 5.69 Å². The Hall–Kier alpha value is -0.830. The lowest BCUT2D eigenvalue weighted by atomic mass is 9.77. The molecular weight excluding hydrogens is 302 g/mol. The van der Waals surface area contributed by atoms with Gasteiger partial charge in [0.05, 0.1) is 6.42 Å². The highest BCUT2D eigenvalue weighted by atomic mass is 79.9. The molecule has 1 amide bonds. The van der Waals surface area contributed by atoms with E-state index in [0.717, 1.165) is 11.3 Å². The van der Waals surface area contributed by atoms with Crippen LogP contribution in [-0.4, -0.2) is 5.91 Å². The fraction of sp³-hybridized carbons (Fsp3) is 0.562. The summed E-state index contributed by atoms with van der Waals surface area (Å²) in [6, 6.07) is 6.43. The van der Waals surface area contributed by atoms with E-state index in [0.29, 0.717) is 16.7 Å². The van der Waals surface area contributed by atoms with Gasteiger partial charge >= 0.3 is 0 Å². The van der Waals surface area contributed by atoms with Crippen LogP contribution in [0.2, 0.25) is 0 Å². The second kappa shape index (κ2) is 4.93. The molecule has 2 aliphatic rings. The molecule has 0 bridgehead atoms. The molecule has 1 atom stereocenters. The van der Waals surface area contributed by atoms with E-state index >= 15 is 0 Å². The van der Waals surface area contributed by atoms with E-state index in [1.54, 1.807) is 0 Å². The zero-order valence-electron chi connectivity index (χ0n) is 11.3. The number of amides is 1. The standard InChI is InChI=1S/C16H20BrNO/c1-2-16(7-3-4-8-16)15(17)11-5-6-13-12(9-11)10-14(19)18-13/h5-6,9,15H,2-4,7-8,10H2,1H3,(H,18,19). The molecule has 19 heavy (non-hydrogen) atoms. The van der Waals surface area contributed by atoms with Crippen LogP contribution in [0.3, 0.4) is 0 Å². The van der Waals surface area contributed by atoms with Gasteiger partial charge in [-0.1, -0.05) is 47.8 Å². The van der Waals surface area contributed by atoms with Crippen LogP contribution in [-0.2, 0) is 11.2 Å². The number of nitrogens with one attached hydrogen (secondary N) is 1. The molecule has 1 aliphatic heterocycles. The quantitative estimate of drug-likeness (QED) is 0.811. The van der Waals surface area contributed by atoms with Crippen molar-refractivity contribution in [2.75, 3.05) is 5.32 Å². The lowest BCUT2D eigenvalue weighted by Crippen LogP contribution is -2.21. The first-order chi connectivity index (χ1) is 9.14. The molecule has 0 spiro atoms. The number of hydrogen-bond acceptors (Lipinski definition) is 1. The van der Waals surface area contributed by atoms with Crippen molar-refractivity contribution in [3.63, 3.8) is 0 Å². The Kier molecular flexibility index (Phi) is 3.42. The molecule has 1 fully saturated rings. The summed E-state index contributed by atoms with van der Waals surface area (Å²) in [4.78, 5) is 11.8. The number of carbonyl (C=O) groups is 1. The van der Waals surface area contributed by atoms with Gasteiger partial charge < -0.3 is 5.32 Å². The Morgan fingerprint density at radius 1 is 1.37 bits per heavy atom. The molecule has 1 aromatic rings. The van der Waals surface area contributed by atoms with Gasteiger partial charge in [-0.2, -0.15) is 0 Å². The summed E-state index contributed by atoms with van der Waals surface area (Å²) in [5, 5.41) is 2.90. The van der Waals surface area contributed by atoms with Crippen molar-refractivity contribution in [1.82, 2.24) is 0 Å². The molecule has 3 rings (SSSR count). The summed E-state index contributed by atoms with van der Waals surface area (Å²) in [6.45, 7) is 2.30. The fourth-order valence-electron chi connectivity index (χ4n) is 3.63. The van der Waals surface area contributed by atoms with Gasteiger partial charge in [0.2, 0.25) is 5.91 Å². The number of fused-ring (bicyclic) bond motifs is 1. The maximum atomic E-state index is 11.4. The van der Waals surface area contributed by atoms with Gasteiger partial charge in [-0.3, -0.25) is 4.79 Å². The Labute approximate surface area is 123 Å². The molecule has 1 unspecified atom stereocenters. The highest BCUT2D eigenvalue weighted by Gasteiger charge is 2.39. The molecule has 3 heteroatoms. The van der Waals surface area contributed by atoms with Crippen LogP contribution in [0, 0.1) is 5.41 Å². The minimum Gasteiger partial charge on any atom is -0.326 e. The average molecular weight is 322 g/mol. The van der Waals surface area contributed by atoms with E-state index in [-0.39, 0.29) is 5.91 Å². The van der Waals surface area contributed by atoms with Gasteiger partial charge in [0.25, 0.3) is 0 Å². The molecule has 0 aromatic heterocycles. The number of halogens is 1. The van der Waals surface area contributed by atoms with Crippen molar-refractivity contribution in [3.05, 3.63) is 29.3 Å². The van der Waals surface area contributed by atoms with Crippen molar-refractivity contribution in [1.29, 1.82) is 0 Å². The third kappa shape index (κ3) is 2.22. The van der Waals surface area contributed by atoms with Crippen LogP contribution >= 0.6 is 15.9 Å². The normalized spacial score (nSPS) is 22.1. The molecule has 0 radical (unpaired) electrons. The van der Waals surface area contributed by atoms with E-state index in [4.69, 9.17) is 0 Å². The molecular formula is C16H20BrNO. The van der Waals surface area contributed by atoms with Gasteiger partial charge in [-0.15, -0.1) is 0 Å². The number of anilines is 1. The van der Waals surface area contributed by atoms with Crippen LogP contribution in [0.5, 0.6) is 0 Å². The predicted molar refractivity (Wildman–Crippen MR) is 81.6 cm³/mol. The lowest BCUT2D eigenvalue weighted by Gasteiger charge is -2.33. The Morgan fingerprint density at radius 2 is 2.11 bits per heavy atom. The van der Waals surface area contributed by atoms with E-state index in [1.165, 1.54) is 37.7 Å². The van der Waals surface area contributed by atoms with Crippen molar-refractivity contribution in [3.8, 4) is 0 Å². The van der Waals surface area contributed by atoms with E-state index in [2.05, 4.69) is 46.4 Å². The van der Waals surface area contributed by atoms with Crippen molar-refractivity contribution < 1.29 is 4.79 Å². The minimum absolute atomic E-state index is 0.115. The molecule has 1 aliphatic carbocycles. The summed E-state index contributed by atoms with van der Waals surface area (Å²) >= 11 is 3.95. The molecule has 1 aromatic carbocycles. The summed E-state index contributed by atoms with van der Waals surface area (Å²) in [5.41, 5.74) is 3.88. The third-order valence-corrected chi connectivity index (χ3v) is 6.39. The van der Waals surface area contributed by atoms with Gasteiger partial charge in [-0.05, 0) is 41.9 Å². The monoisotopic (exact) mass is 321 g/mol. The molecule has 1 saturated carbocycles. The number of benzene rings is 1. The first-order valence-corrected chi connectivity index (χ1v) is 8.13. The largest absolute Gasteiger partial charge is 0.326 e. The first-order valence-electron chi connectivity index (χ1n) is 7.21. The maximum absolute atomic E-state index is 11.4. The van der Waals surface area contributed by atoms with Crippen molar-refractivity contribution in [2.24, 2.45) is 5.41 Å². The zero-order chi connectivity index (χ0) is 13.5. The number of alkyl halides is 1. The van der Waals surface area contributed by atoms with Gasteiger partial charge in [0.1, 0.15) is 0 Å². The van der Waals surface area contributed by atoms with Gasteiger partial charge in [0, 0.05) is 10.5 Å². The van der Waals surface area contributed by atoms with E-state index < -0.39 is 0 Å². The third-order valence-electron chi connectivity index (χ3n) is 4.89.